The molecule has 4 fully saturated rings. The zero-order valence-corrected chi connectivity index (χ0v) is 74.3. The average Bonchev–Trinajstić information content (AvgIpc) is 1.63. The van der Waals surface area contributed by atoms with Crippen molar-refractivity contribution in [2.45, 2.75) is 263 Å². The van der Waals surface area contributed by atoms with E-state index in [0.29, 0.717) is 122 Å². The number of carboxylic acids is 4. The number of carbonyl (C=O) groups is 8. The van der Waals surface area contributed by atoms with Crippen LogP contribution in [0, 0.1) is 71.0 Å². The van der Waals surface area contributed by atoms with Gasteiger partial charge in [-0.1, -0.05) is 76.2 Å². The van der Waals surface area contributed by atoms with E-state index in [1.165, 1.54) is 16.7 Å². The molecular weight excluding hydrogens is 1630 g/mol. The minimum Gasteiger partial charge on any atom is -0.482 e. The SMILES string of the molecule is CCOCC(=O)O[C@@H](CC)CC[C@@H]1[C@H]2Cc3cccc(OCC(=O)O)c3C[C@H]2C[C@H]1O.CC[C@@H](CC[C@@H]1[C@H]2Cc3cccc(OCC(=O)O)c3C[C@H]2C[C@H]1O)OC(=O)CCCO.CC[C@@H](CC[C@@H]1[C@H]2Cc3cccc(OCC(=O)O)c3C[C@H]2C[C@H]1O)OC(=O)CCCOC.CC[C@@H](CC[C@@H]1[C@H]2Cc3cccc(OCC(=O)O)c3C[C@H]2C[C@H]1O)OC(=O)COCCO. The van der Waals surface area contributed by atoms with Gasteiger partial charge in [0, 0.05) is 39.8 Å². The van der Waals surface area contributed by atoms with Crippen LogP contribution >= 0.6 is 0 Å². The first-order chi connectivity index (χ1) is 60.7. The molecule has 8 aliphatic carbocycles. The molecule has 0 radical (unpaired) electrons. The normalized spacial score (nSPS) is 25.2. The molecule has 0 aromatic heterocycles. The Bertz CT molecular complexity index is 3850. The second-order valence-electron chi connectivity index (χ2n) is 35.2. The summed E-state index contributed by atoms with van der Waals surface area (Å²) < 4.78 is 59.4. The van der Waals surface area contributed by atoms with Gasteiger partial charge in [0.25, 0.3) is 0 Å². The van der Waals surface area contributed by atoms with Gasteiger partial charge in [0.2, 0.25) is 0 Å². The summed E-state index contributed by atoms with van der Waals surface area (Å²) in [7, 11) is 1.62. The molecule has 8 aliphatic rings. The van der Waals surface area contributed by atoms with Crippen molar-refractivity contribution in [2.75, 3.05) is 79.8 Å². The van der Waals surface area contributed by atoms with Gasteiger partial charge < -0.3 is 103 Å². The summed E-state index contributed by atoms with van der Waals surface area (Å²) in [5.74, 6) is 0.815. The molecule has 4 saturated carbocycles. The Labute approximate surface area is 740 Å². The molecule has 0 unspecified atom stereocenters. The fourth-order valence-electron chi connectivity index (χ4n) is 21.1. The van der Waals surface area contributed by atoms with Gasteiger partial charge in [-0.2, -0.15) is 0 Å². The largest absolute Gasteiger partial charge is 0.482 e. The molecule has 29 nitrogen and oxygen atoms in total. The van der Waals surface area contributed by atoms with Crippen LogP contribution in [0.15, 0.2) is 72.8 Å². The maximum atomic E-state index is 12.1. The maximum Gasteiger partial charge on any atom is 0.341 e. The lowest BCUT2D eigenvalue weighted by Gasteiger charge is -2.32. The molecule has 0 spiro atoms. The third-order valence-corrected chi connectivity index (χ3v) is 27.2. The number of methoxy groups -OCH3 is 1. The first-order valence-electron chi connectivity index (χ1n) is 45.9. The third kappa shape index (κ3) is 29.8. The minimum atomic E-state index is -1.00. The highest BCUT2D eigenvalue weighted by Crippen LogP contribution is 2.53. The summed E-state index contributed by atoms with van der Waals surface area (Å²) >= 11 is 0. The number of hydrogen-bond donors (Lipinski definition) is 10. The van der Waals surface area contributed by atoms with Gasteiger partial charge in [0.15, 0.2) is 26.4 Å². The molecule has 0 amide bonds. The lowest BCUT2D eigenvalue weighted by atomic mass is 9.73. The first-order valence-corrected chi connectivity index (χ1v) is 45.9. The van der Waals surface area contributed by atoms with Crippen LogP contribution in [-0.2, 0) is 123 Å². The van der Waals surface area contributed by atoms with Gasteiger partial charge in [-0.15, -0.1) is 0 Å². The Morgan fingerprint density at radius 3 is 0.881 bits per heavy atom. The van der Waals surface area contributed by atoms with Gasteiger partial charge in [-0.05, 0) is 314 Å². The fraction of sp³-hybridized carbons (Fsp3) is 0.670. The molecule has 4 aromatic carbocycles. The number of aliphatic hydroxyl groups is 6. The van der Waals surface area contributed by atoms with Crippen LogP contribution in [0.25, 0.3) is 0 Å². The van der Waals surface area contributed by atoms with E-state index >= 15 is 0 Å². The molecule has 12 rings (SSSR count). The van der Waals surface area contributed by atoms with Crippen molar-refractivity contribution in [2.24, 2.45) is 71.0 Å². The van der Waals surface area contributed by atoms with Gasteiger partial charge in [-0.25, -0.2) is 28.8 Å². The van der Waals surface area contributed by atoms with Crippen molar-refractivity contribution in [1.82, 2.24) is 0 Å². The monoisotopic (exact) mass is 1770 g/mol. The highest BCUT2D eigenvalue weighted by Gasteiger charge is 2.50. The van der Waals surface area contributed by atoms with E-state index in [9.17, 15) is 58.8 Å². The number of hydrogen-bond acceptors (Lipinski definition) is 25. The standard InChI is InChI=1S/C25H36O7.C24H34O8.2C24H34O7/c1-3-18(32-25(29)8-5-11-30-2)9-10-19-20-12-16-6-4-7-23(31-15-24(27)28)21(16)13-17(20)14-22(19)26;1-2-17(32-24(29)14-30-9-8-25)6-7-18-19-10-15-4-3-5-22(31-13-23(27)28)20(15)11-16(19)12-21(18)26;1-3-17(31-24(28)14-29-4-2)8-9-18-19-10-15-6-5-7-22(30-13-23(26)27)20(15)11-16(19)12-21(18)25;1-2-17(31-24(29)7-4-10-25)8-9-18-19-11-15-5-3-6-22(30-14-23(27)28)20(15)12-16(19)13-21(18)26/h4,6-7,17-20,22,26H,3,5,8-15H2,1-2H3,(H,27,28);3-5,16-19,21,25-26H,2,6-14H2,1H3,(H,27,28);5-7,16-19,21,25H,3-4,8-14H2,1-2H3,(H,26,27);3,5-6,16-19,21,25-26H,2,4,7-14H2,1H3,(H,27,28)/t17-,18-,19+,20-,22+;3*16-,17-,18+,19-,21+/m0000/s1. The topological polar surface area (TPSA) is 440 Å². The zero-order valence-electron chi connectivity index (χ0n) is 74.3. The van der Waals surface area contributed by atoms with Crippen molar-refractivity contribution < 1.29 is 142 Å². The van der Waals surface area contributed by atoms with Crippen molar-refractivity contribution in [3.63, 3.8) is 0 Å². The van der Waals surface area contributed by atoms with Gasteiger partial charge >= 0.3 is 47.8 Å². The van der Waals surface area contributed by atoms with Crippen molar-refractivity contribution in [3.05, 3.63) is 117 Å². The summed E-state index contributed by atoms with van der Waals surface area (Å²) in [6.07, 6.45) is 18.0. The molecule has 29 heteroatoms. The number of rotatable bonds is 46. The highest BCUT2D eigenvalue weighted by molar-refractivity contribution is 5.72. The van der Waals surface area contributed by atoms with Crippen LogP contribution in [0.1, 0.15) is 208 Å². The Morgan fingerprint density at radius 2 is 0.627 bits per heavy atom. The molecule has 0 bridgehead atoms. The maximum absolute atomic E-state index is 12.1. The molecule has 10 N–H and O–H groups in total. The van der Waals surface area contributed by atoms with Crippen LogP contribution in [0.2, 0.25) is 0 Å². The van der Waals surface area contributed by atoms with E-state index in [-0.39, 0.29) is 150 Å². The van der Waals surface area contributed by atoms with Crippen LogP contribution < -0.4 is 18.9 Å². The molecule has 20 atom stereocenters. The summed E-state index contributed by atoms with van der Waals surface area (Å²) in [5, 5.41) is 96.5. The van der Waals surface area contributed by atoms with Gasteiger partial charge in [0.1, 0.15) is 60.6 Å². The lowest BCUT2D eigenvalue weighted by Crippen LogP contribution is -2.29. The molecule has 4 aromatic rings. The van der Waals surface area contributed by atoms with Gasteiger partial charge in [-0.3, -0.25) is 9.59 Å². The number of carboxylic acid groups (broad SMARTS) is 4. The highest BCUT2D eigenvalue weighted by atomic mass is 16.6. The van der Waals surface area contributed by atoms with E-state index in [1.54, 1.807) is 7.11 Å². The van der Waals surface area contributed by atoms with Crippen molar-refractivity contribution >= 4 is 47.8 Å². The number of aliphatic carboxylic acids is 4. The summed E-state index contributed by atoms with van der Waals surface area (Å²) in [6, 6.07) is 23.2. The summed E-state index contributed by atoms with van der Waals surface area (Å²) in [6.45, 7) is 9.20. The predicted octanol–water partition coefficient (Wildman–Crippen LogP) is 11.1. The van der Waals surface area contributed by atoms with E-state index in [2.05, 4.69) is 24.3 Å². The Balaban J connectivity index is 0.000000190. The minimum absolute atomic E-state index is 0.0201. The predicted molar refractivity (Wildman–Crippen MR) is 462 cm³/mol. The number of ether oxygens (including phenoxy) is 11. The molecule has 700 valence electrons. The zero-order chi connectivity index (χ0) is 90.9. The van der Waals surface area contributed by atoms with E-state index in [0.717, 1.165) is 163 Å². The second-order valence-corrected chi connectivity index (χ2v) is 35.2. The number of aliphatic hydroxyl groups excluding tert-OH is 6. The smallest absolute Gasteiger partial charge is 0.341 e. The first kappa shape index (κ1) is 101. The van der Waals surface area contributed by atoms with E-state index in [4.69, 9.17) is 82.7 Å². The lowest BCUT2D eigenvalue weighted by molar-refractivity contribution is -0.156. The molecule has 0 aliphatic heterocycles. The third-order valence-electron chi connectivity index (χ3n) is 27.2. The van der Waals surface area contributed by atoms with Crippen LogP contribution in [0.5, 0.6) is 23.0 Å². The molecule has 0 saturated heterocycles. The van der Waals surface area contributed by atoms with Crippen LogP contribution in [0.3, 0.4) is 0 Å². The Morgan fingerprint density at radius 1 is 0.349 bits per heavy atom. The summed E-state index contributed by atoms with van der Waals surface area (Å²) in [4.78, 5) is 91.3. The van der Waals surface area contributed by atoms with Crippen molar-refractivity contribution in [3.8, 4) is 23.0 Å². The second kappa shape index (κ2) is 51.6. The molecular formula is C97H138O29. The van der Waals surface area contributed by atoms with E-state index < -0.39 is 36.0 Å². The molecule has 126 heavy (non-hydrogen) atoms. The van der Waals surface area contributed by atoms with Crippen molar-refractivity contribution in [1.29, 1.82) is 0 Å². The number of fused-ring (bicyclic) bond motifs is 8. The number of esters is 4. The summed E-state index contributed by atoms with van der Waals surface area (Å²) in [5.41, 5.74) is 8.99. The molecule has 0 heterocycles. The van der Waals surface area contributed by atoms with Crippen LogP contribution in [-0.4, -0.2) is 227 Å². The Kier molecular flexibility index (Phi) is 41.5. The number of benzene rings is 4. The number of carbonyl (C=O) groups excluding carboxylic acids is 4. The van der Waals surface area contributed by atoms with Crippen LogP contribution in [0.4, 0.5) is 0 Å². The quantitative estimate of drug-likeness (QED) is 0.0112. The van der Waals surface area contributed by atoms with Gasteiger partial charge in [0.05, 0.1) is 37.6 Å². The fourth-order valence-corrected chi connectivity index (χ4v) is 21.1. The Hall–Kier alpha value is -8.52. The average molecular weight is 1770 g/mol. The van der Waals surface area contributed by atoms with E-state index in [1.807, 2.05) is 83.1 Å².